The van der Waals surface area contributed by atoms with E-state index in [-0.39, 0.29) is 18.4 Å². The summed E-state index contributed by atoms with van der Waals surface area (Å²) in [6.45, 7) is 0.616. The van der Waals surface area contributed by atoms with E-state index in [0.29, 0.717) is 18.1 Å². The van der Waals surface area contributed by atoms with Crippen LogP contribution in [-0.2, 0) is 4.79 Å². The summed E-state index contributed by atoms with van der Waals surface area (Å²) in [7, 11) is 0. The zero-order valence-electron chi connectivity index (χ0n) is 12.7. The molecule has 0 bridgehead atoms. The molecule has 0 radical (unpaired) electrons. The molecule has 2 heterocycles. The van der Waals surface area contributed by atoms with Gasteiger partial charge in [0.2, 0.25) is 5.91 Å². The maximum absolute atomic E-state index is 12.2. The molecule has 1 aliphatic rings. The van der Waals surface area contributed by atoms with Gasteiger partial charge in [0.1, 0.15) is 0 Å². The number of nitrogens with zero attached hydrogens (tertiary/aromatic N) is 2. The van der Waals surface area contributed by atoms with E-state index in [0.717, 1.165) is 16.0 Å². The molecule has 0 unspecified atom stereocenters. The fourth-order valence-corrected chi connectivity index (χ4v) is 3.38. The highest BCUT2D eigenvalue weighted by Gasteiger charge is 2.31. The minimum atomic E-state index is -0.989. The van der Waals surface area contributed by atoms with Crippen LogP contribution < -0.4 is 5.32 Å². The van der Waals surface area contributed by atoms with Crippen LogP contribution in [0.25, 0.3) is 10.4 Å². The summed E-state index contributed by atoms with van der Waals surface area (Å²) in [6, 6.07) is 7.53. The smallest absolute Gasteiger partial charge is 0.407 e. The van der Waals surface area contributed by atoms with Crippen LogP contribution in [-0.4, -0.2) is 40.1 Å². The lowest BCUT2D eigenvalue weighted by Crippen LogP contribution is -2.30. The van der Waals surface area contributed by atoms with Gasteiger partial charge in [-0.05, 0) is 24.1 Å². The Bertz CT molecular complexity index is 807. The number of aromatic nitrogens is 1. The number of anilines is 1. The van der Waals surface area contributed by atoms with Crippen LogP contribution in [0.2, 0.25) is 0 Å². The van der Waals surface area contributed by atoms with Crippen LogP contribution in [0.5, 0.6) is 0 Å². The maximum Gasteiger partial charge on any atom is 0.407 e. The summed E-state index contributed by atoms with van der Waals surface area (Å²) < 4.78 is 0. The molecule has 24 heavy (non-hydrogen) atoms. The van der Waals surface area contributed by atoms with Crippen LogP contribution in [0.15, 0.2) is 30.5 Å². The van der Waals surface area contributed by atoms with Gasteiger partial charge in [0.15, 0.2) is 5.13 Å². The molecule has 1 aromatic carbocycles. The summed E-state index contributed by atoms with van der Waals surface area (Å²) in [5, 5.41) is 12.2. The van der Waals surface area contributed by atoms with Crippen molar-refractivity contribution < 1.29 is 14.7 Å². The third kappa shape index (κ3) is 3.39. The summed E-state index contributed by atoms with van der Waals surface area (Å²) >= 11 is 1.37. The fraction of sp³-hybridized carbons (Fsp3) is 0.235. The third-order valence-electron chi connectivity index (χ3n) is 3.90. The van der Waals surface area contributed by atoms with Gasteiger partial charge < -0.3 is 15.3 Å². The number of likely N-dealkylation sites (tertiary alicyclic amines) is 1. The summed E-state index contributed by atoms with van der Waals surface area (Å²) in [5.41, 5.74) is 1.78. The molecule has 0 spiro atoms. The topological polar surface area (TPSA) is 82.5 Å². The van der Waals surface area contributed by atoms with E-state index in [9.17, 15) is 9.59 Å². The maximum atomic E-state index is 12.2. The lowest BCUT2D eigenvalue weighted by atomic mass is 10.1. The Kier molecular flexibility index (Phi) is 4.49. The highest BCUT2D eigenvalue weighted by Crippen LogP contribution is 2.29. The first-order valence-electron chi connectivity index (χ1n) is 7.38. The van der Waals surface area contributed by atoms with E-state index in [1.165, 1.54) is 16.2 Å². The molecular weight excluding hydrogens is 326 g/mol. The number of hydrogen-bond donors (Lipinski definition) is 2. The first-order valence-corrected chi connectivity index (χ1v) is 8.20. The van der Waals surface area contributed by atoms with Crippen LogP contribution in [0, 0.1) is 18.3 Å². The van der Waals surface area contributed by atoms with Gasteiger partial charge in [0, 0.05) is 24.8 Å². The number of thiazole rings is 1. The number of hydrogen-bond acceptors (Lipinski definition) is 4. The number of carbonyl (C=O) groups excluding carboxylic acids is 1. The number of nitrogens with one attached hydrogen (secondary N) is 1. The van der Waals surface area contributed by atoms with Gasteiger partial charge in [-0.25, -0.2) is 9.78 Å². The molecule has 2 aromatic rings. The fourth-order valence-electron chi connectivity index (χ4n) is 2.55. The first-order chi connectivity index (χ1) is 11.6. The van der Waals surface area contributed by atoms with E-state index in [1.54, 1.807) is 6.20 Å². The van der Waals surface area contributed by atoms with Crippen LogP contribution >= 0.6 is 11.3 Å². The molecule has 7 heteroatoms. The quantitative estimate of drug-likeness (QED) is 0.841. The average molecular weight is 341 g/mol. The number of carboxylic acid groups (broad SMARTS) is 1. The molecule has 1 aromatic heterocycles. The highest BCUT2D eigenvalue weighted by atomic mass is 32.1. The second-order valence-electron chi connectivity index (χ2n) is 5.45. The second-order valence-corrected chi connectivity index (χ2v) is 6.49. The minimum Gasteiger partial charge on any atom is -0.465 e. The van der Waals surface area contributed by atoms with Crippen molar-refractivity contribution >= 4 is 28.5 Å². The Balaban J connectivity index is 1.64. The molecular formula is C17H15N3O3S. The molecule has 1 fully saturated rings. The van der Waals surface area contributed by atoms with Crippen molar-refractivity contribution in [2.75, 3.05) is 18.4 Å². The molecule has 3 rings (SSSR count). The van der Waals surface area contributed by atoms with Crippen LogP contribution in [0.4, 0.5) is 9.93 Å². The van der Waals surface area contributed by atoms with Crippen molar-refractivity contribution in [1.82, 2.24) is 9.88 Å². The van der Waals surface area contributed by atoms with E-state index < -0.39 is 6.09 Å². The van der Waals surface area contributed by atoms with Crippen LogP contribution in [0.1, 0.15) is 12.0 Å². The van der Waals surface area contributed by atoms with Crippen molar-refractivity contribution in [2.45, 2.75) is 6.42 Å². The first kappa shape index (κ1) is 16.0. The van der Waals surface area contributed by atoms with Gasteiger partial charge in [0.25, 0.3) is 0 Å². The van der Waals surface area contributed by atoms with Gasteiger partial charge in [-0.15, -0.1) is 6.42 Å². The summed E-state index contributed by atoms with van der Waals surface area (Å²) in [5.74, 6) is 2.04. The Morgan fingerprint density at radius 1 is 1.38 bits per heavy atom. The van der Waals surface area contributed by atoms with E-state index in [4.69, 9.17) is 11.5 Å². The van der Waals surface area contributed by atoms with Gasteiger partial charge in [-0.2, -0.15) is 0 Å². The summed E-state index contributed by atoms with van der Waals surface area (Å²) in [6.07, 6.45) is 6.58. The number of benzene rings is 1. The monoisotopic (exact) mass is 341 g/mol. The van der Waals surface area contributed by atoms with Crippen molar-refractivity contribution in [1.29, 1.82) is 0 Å². The number of carbonyl (C=O) groups is 2. The van der Waals surface area contributed by atoms with Gasteiger partial charge in [-0.3, -0.25) is 4.79 Å². The van der Waals surface area contributed by atoms with Crippen LogP contribution in [0.3, 0.4) is 0 Å². The number of amides is 2. The molecule has 1 atom stereocenters. The average Bonchev–Trinajstić information content (AvgIpc) is 3.24. The molecule has 6 nitrogen and oxygen atoms in total. The molecule has 0 saturated carbocycles. The number of rotatable bonds is 3. The Morgan fingerprint density at radius 3 is 2.75 bits per heavy atom. The Hall–Kier alpha value is -2.85. The zero-order chi connectivity index (χ0) is 17.1. The molecule has 2 N–H and O–H groups in total. The van der Waals surface area contributed by atoms with Gasteiger partial charge in [0.05, 0.1) is 10.8 Å². The second kappa shape index (κ2) is 6.72. The van der Waals surface area contributed by atoms with Gasteiger partial charge in [-0.1, -0.05) is 29.4 Å². The predicted molar refractivity (Wildman–Crippen MR) is 91.8 cm³/mol. The van der Waals surface area contributed by atoms with Crippen molar-refractivity contribution in [2.24, 2.45) is 5.92 Å². The van der Waals surface area contributed by atoms with Crippen molar-refractivity contribution in [3.8, 4) is 22.8 Å². The molecule has 1 aliphatic heterocycles. The Morgan fingerprint density at radius 2 is 2.12 bits per heavy atom. The lowest BCUT2D eigenvalue weighted by molar-refractivity contribution is -0.119. The third-order valence-corrected chi connectivity index (χ3v) is 4.86. The molecule has 1 saturated heterocycles. The SMILES string of the molecule is C#Cc1ccc(-c2cnc(NC(=O)[C@H]3CCN(C(=O)O)C3)s2)cc1. The van der Waals surface area contributed by atoms with E-state index >= 15 is 0 Å². The zero-order valence-corrected chi connectivity index (χ0v) is 13.5. The molecule has 0 aliphatic carbocycles. The van der Waals surface area contributed by atoms with Gasteiger partial charge >= 0.3 is 6.09 Å². The molecule has 122 valence electrons. The van der Waals surface area contributed by atoms with Crippen molar-refractivity contribution in [3.05, 3.63) is 36.0 Å². The Labute approximate surface area is 143 Å². The number of terminal acetylenes is 1. The lowest BCUT2D eigenvalue weighted by Gasteiger charge is -2.11. The summed E-state index contributed by atoms with van der Waals surface area (Å²) in [4.78, 5) is 29.5. The predicted octanol–water partition coefficient (Wildman–Crippen LogP) is 2.73. The highest BCUT2D eigenvalue weighted by molar-refractivity contribution is 7.19. The van der Waals surface area contributed by atoms with Crippen molar-refractivity contribution in [3.63, 3.8) is 0 Å². The normalized spacial score (nSPS) is 16.6. The minimum absolute atomic E-state index is 0.192. The molecule has 2 amide bonds. The van der Waals surface area contributed by atoms with E-state index in [1.807, 2.05) is 24.3 Å². The largest absolute Gasteiger partial charge is 0.465 e. The standard InChI is InChI=1S/C17H15N3O3S/c1-2-11-3-5-12(6-4-11)14-9-18-16(24-14)19-15(21)13-7-8-20(10-13)17(22)23/h1,3-6,9,13H,7-8,10H2,(H,22,23)(H,18,19,21)/t13-/m0/s1. The van der Waals surface area contributed by atoms with E-state index in [2.05, 4.69) is 16.2 Å².